The van der Waals surface area contributed by atoms with Crippen molar-refractivity contribution in [1.29, 1.82) is 0 Å². The van der Waals surface area contributed by atoms with Gasteiger partial charge in [0.15, 0.2) is 6.61 Å². The van der Waals surface area contributed by atoms with Crippen LogP contribution in [-0.4, -0.2) is 64.9 Å². The van der Waals surface area contributed by atoms with Crippen molar-refractivity contribution in [1.82, 2.24) is 15.2 Å². The quantitative estimate of drug-likeness (QED) is 0.628. The molecule has 1 aliphatic rings. The van der Waals surface area contributed by atoms with Gasteiger partial charge in [0, 0.05) is 30.0 Å². The monoisotopic (exact) mass is 390 g/mol. The van der Waals surface area contributed by atoms with E-state index in [9.17, 15) is 22.8 Å². The molecule has 0 unspecified atom stereocenters. The van der Waals surface area contributed by atoms with Gasteiger partial charge in [-0.3, -0.25) is 9.69 Å². The van der Waals surface area contributed by atoms with Gasteiger partial charge >= 0.3 is 18.2 Å². The van der Waals surface area contributed by atoms with Crippen LogP contribution in [0.15, 0.2) is 18.3 Å². The second-order valence-corrected chi connectivity index (χ2v) is 6.16. The lowest BCUT2D eigenvalue weighted by Gasteiger charge is -2.42. The first kappa shape index (κ1) is 20.7. The van der Waals surface area contributed by atoms with Gasteiger partial charge in [0.2, 0.25) is 5.88 Å². The number of nitrogens with zero attached hydrogens (tertiary/aromatic N) is 2. The van der Waals surface area contributed by atoms with E-state index in [1.807, 2.05) is 11.8 Å². The summed E-state index contributed by atoms with van der Waals surface area (Å²) in [6.07, 6.45) is -1.99. The van der Waals surface area contributed by atoms with Crippen LogP contribution >= 0.6 is 0 Å². The van der Waals surface area contributed by atoms with Gasteiger partial charge in [-0.15, -0.1) is 0 Å². The van der Waals surface area contributed by atoms with E-state index in [1.165, 1.54) is 18.3 Å². The molecule has 0 bridgehead atoms. The predicted molar refractivity (Wildman–Crippen MR) is 89.6 cm³/mol. The van der Waals surface area contributed by atoms with Crippen LogP contribution in [0.3, 0.4) is 0 Å². The van der Waals surface area contributed by atoms with E-state index in [-0.39, 0.29) is 30.2 Å². The molecule has 27 heavy (non-hydrogen) atoms. The third kappa shape index (κ3) is 6.93. The molecule has 0 spiro atoms. The van der Waals surface area contributed by atoms with Crippen molar-refractivity contribution in [3.63, 3.8) is 0 Å². The van der Waals surface area contributed by atoms with Gasteiger partial charge in [-0.1, -0.05) is 6.92 Å². The maximum Gasteiger partial charge on any atom is 0.422 e. The van der Waals surface area contributed by atoms with Crippen molar-refractivity contribution in [3.8, 4) is 5.88 Å². The van der Waals surface area contributed by atoms with E-state index in [0.29, 0.717) is 19.4 Å². The largest absolute Gasteiger partial charge is 0.480 e. The summed E-state index contributed by atoms with van der Waals surface area (Å²) in [6.45, 7) is 0.965. The Morgan fingerprint density at radius 2 is 2.11 bits per heavy atom. The SMILES string of the molecule is CCN(CC(=O)O)C1CC(NC(=O)Nc2ccnc(OCC(F)(F)F)c2)C1. The number of amides is 2. The van der Waals surface area contributed by atoms with E-state index < -0.39 is 24.8 Å². The molecule has 1 aromatic rings. The number of carbonyl (C=O) groups is 2. The van der Waals surface area contributed by atoms with Gasteiger partial charge < -0.3 is 20.5 Å². The Kier molecular flexibility index (Phi) is 6.83. The van der Waals surface area contributed by atoms with Crippen molar-refractivity contribution in [2.75, 3.05) is 25.0 Å². The van der Waals surface area contributed by atoms with E-state index in [0.717, 1.165) is 0 Å². The zero-order valence-electron chi connectivity index (χ0n) is 14.6. The number of pyridine rings is 1. The molecule has 0 radical (unpaired) electrons. The Balaban J connectivity index is 1.77. The van der Waals surface area contributed by atoms with Gasteiger partial charge in [0.1, 0.15) is 0 Å². The number of likely N-dealkylation sites (N-methyl/N-ethyl adjacent to an activating group) is 1. The smallest absolute Gasteiger partial charge is 0.422 e. The molecule has 0 saturated heterocycles. The number of hydrogen-bond acceptors (Lipinski definition) is 5. The molecule has 1 saturated carbocycles. The van der Waals surface area contributed by atoms with Crippen LogP contribution in [0.1, 0.15) is 19.8 Å². The normalized spacial score (nSPS) is 19.3. The van der Waals surface area contributed by atoms with Crippen LogP contribution in [-0.2, 0) is 4.79 Å². The number of aromatic nitrogens is 1. The van der Waals surface area contributed by atoms with Crippen molar-refractivity contribution in [2.45, 2.75) is 38.0 Å². The molecular weight excluding hydrogens is 369 g/mol. The number of urea groups is 1. The first-order valence-electron chi connectivity index (χ1n) is 8.35. The van der Waals surface area contributed by atoms with Crippen LogP contribution in [0.25, 0.3) is 0 Å². The molecule has 1 aromatic heterocycles. The topological polar surface area (TPSA) is 104 Å². The number of carboxylic acid groups (broad SMARTS) is 1. The average molecular weight is 390 g/mol. The Bertz CT molecular complexity index is 665. The molecule has 2 amide bonds. The Morgan fingerprint density at radius 3 is 2.70 bits per heavy atom. The number of alkyl halides is 3. The van der Waals surface area contributed by atoms with Crippen LogP contribution in [0, 0.1) is 0 Å². The van der Waals surface area contributed by atoms with Crippen LogP contribution in [0.5, 0.6) is 5.88 Å². The minimum Gasteiger partial charge on any atom is -0.480 e. The number of hydrogen-bond donors (Lipinski definition) is 3. The number of aliphatic carboxylic acids is 1. The average Bonchev–Trinajstić information content (AvgIpc) is 2.53. The predicted octanol–water partition coefficient (Wildman–Crippen LogP) is 2.08. The van der Waals surface area contributed by atoms with Gasteiger partial charge in [-0.05, 0) is 25.5 Å². The molecule has 150 valence electrons. The number of nitrogens with one attached hydrogen (secondary N) is 2. The van der Waals surface area contributed by atoms with Crippen LogP contribution in [0.2, 0.25) is 0 Å². The minimum atomic E-state index is -4.48. The third-order valence-corrected chi connectivity index (χ3v) is 4.09. The van der Waals surface area contributed by atoms with Gasteiger partial charge in [-0.2, -0.15) is 13.2 Å². The maximum atomic E-state index is 12.2. The number of rotatable bonds is 8. The van der Waals surface area contributed by atoms with E-state index in [1.54, 1.807) is 0 Å². The van der Waals surface area contributed by atoms with Crippen molar-refractivity contribution < 1.29 is 32.6 Å². The minimum absolute atomic E-state index is 0.0438. The van der Waals surface area contributed by atoms with E-state index in [4.69, 9.17) is 5.11 Å². The Labute approximate surface area is 153 Å². The summed E-state index contributed by atoms with van der Waals surface area (Å²) in [6, 6.07) is 2.11. The zero-order valence-corrected chi connectivity index (χ0v) is 14.6. The highest BCUT2D eigenvalue weighted by Gasteiger charge is 2.34. The first-order valence-corrected chi connectivity index (χ1v) is 8.35. The molecule has 2 rings (SSSR count). The molecule has 1 fully saturated rings. The van der Waals surface area contributed by atoms with Crippen molar-refractivity contribution >= 4 is 17.7 Å². The molecule has 1 aliphatic carbocycles. The number of carbonyl (C=O) groups excluding carboxylic acids is 1. The Morgan fingerprint density at radius 1 is 1.41 bits per heavy atom. The fourth-order valence-electron chi connectivity index (χ4n) is 2.75. The van der Waals surface area contributed by atoms with E-state index >= 15 is 0 Å². The van der Waals surface area contributed by atoms with Crippen molar-refractivity contribution in [3.05, 3.63) is 18.3 Å². The molecule has 0 aromatic carbocycles. The van der Waals surface area contributed by atoms with Gasteiger partial charge in [0.25, 0.3) is 0 Å². The summed E-state index contributed by atoms with van der Waals surface area (Å²) in [5, 5.41) is 14.1. The fraction of sp³-hybridized carbons (Fsp3) is 0.562. The molecule has 3 N–H and O–H groups in total. The van der Waals surface area contributed by atoms with Crippen LogP contribution in [0.4, 0.5) is 23.7 Å². The highest BCUT2D eigenvalue weighted by molar-refractivity contribution is 5.89. The highest BCUT2D eigenvalue weighted by Crippen LogP contribution is 2.26. The lowest BCUT2D eigenvalue weighted by Crippen LogP contribution is -2.55. The molecule has 0 atom stereocenters. The summed E-state index contributed by atoms with van der Waals surface area (Å²) in [4.78, 5) is 28.3. The molecule has 8 nitrogen and oxygen atoms in total. The molecule has 1 heterocycles. The second-order valence-electron chi connectivity index (χ2n) is 6.16. The summed E-state index contributed by atoms with van der Waals surface area (Å²) in [5.74, 6) is -1.15. The third-order valence-electron chi connectivity index (χ3n) is 4.09. The van der Waals surface area contributed by atoms with Gasteiger partial charge in [0.05, 0.1) is 6.54 Å². The van der Waals surface area contributed by atoms with E-state index in [2.05, 4.69) is 20.4 Å². The zero-order chi connectivity index (χ0) is 20.0. The standard InChI is InChI=1S/C16H21F3N4O4/c1-2-23(8-14(24)25)12-5-11(6-12)22-15(26)21-10-3-4-20-13(7-10)27-9-16(17,18)19/h3-4,7,11-12H,2,5-6,8-9H2,1H3,(H,24,25)(H2,20,21,22,26). The number of anilines is 1. The summed E-state index contributed by atoms with van der Waals surface area (Å²) < 4.78 is 41.0. The number of ether oxygens (including phenoxy) is 1. The molecular formula is C16H21F3N4O4. The summed E-state index contributed by atoms with van der Waals surface area (Å²) >= 11 is 0. The summed E-state index contributed by atoms with van der Waals surface area (Å²) in [5.41, 5.74) is 0.247. The van der Waals surface area contributed by atoms with Crippen molar-refractivity contribution in [2.24, 2.45) is 0 Å². The molecule has 0 aliphatic heterocycles. The van der Waals surface area contributed by atoms with Gasteiger partial charge in [-0.25, -0.2) is 9.78 Å². The lowest BCUT2D eigenvalue weighted by atomic mass is 9.85. The molecule has 11 heteroatoms. The maximum absolute atomic E-state index is 12.2. The highest BCUT2D eigenvalue weighted by atomic mass is 19.4. The summed E-state index contributed by atoms with van der Waals surface area (Å²) in [7, 11) is 0. The number of halogens is 3. The Hall–Kier alpha value is -2.56. The number of carboxylic acids is 1. The first-order chi connectivity index (χ1) is 12.7. The second kappa shape index (κ2) is 8.89. The van der Waals surface area contributed by atoms with Crippen LogP contribution < -0.4 is 15.4 Å². The fourth-order valence-corrected chi connectivity index (χ4v) is 2.75. The lowest BCUT2D eigenvalue weighted by molar-refractivity contribution is -0.154.